The number of carbonyl (C=O) groups is 1. The first-order valence-electron chi connectivity index (χ1n) is 8.75. The Morgan fingerprint density at radius 1 is 1.00 bits per heavy atom. The maximum absolute atomic E-state index is 13.8. The average molecular weight is 447 g/mol. The van der Waals surface area contributed by atoms with Gasteiger partial charge in [0.2, 0.25) is 5.91 Å². The Morgan fingerprint density at radius 3 is 2.23 bits per heavy atom. The molecule has 0 aliphatic heterocycles. The Morgan fingerprint density at radius 2 is 1.65 bits per heavy atom. The van der Waals surface area contributed by atoms with Crippen molar-refractivity contribution >= 4 is 33.0 Å². The van der Waals surface area contributed by atoms with Crippen LogP contribution in [0.5, 0.6) is 0 Å². The molecule has 31 heavy (non-hydrogen) atoms. The minimum Gasteiger partial charge on any atom is -0.322 e. The Kier molecular flexibility index (Phi) is 6.25. The van der Waals surface area contributed by atoms with Crippen LogP contribution in [0.3, 0.4) is 0 Å². The highest BCUT2D eigenvalue weighted by molar-refractivity contribution is 7.92. The van der Waals surface area contributed by atoms with Crippen molar-refractivity contribution in [1.82, 2.24) is 0 Å². The highest BCUT2D eigenvalue weighted by Crippen LogP contribution is 2.26. The summed E-state index contributed by atoms with van der Waals surface area (Å²) in [5.74, 6) is -2.76. The zero-order valence-corrected chi connectivity index (χ0v) is 16.6. The molecule has 0 fully saturated rings. The highest BCUT2D eigenvalue weighted by atomic mass is 32.2. The van der Waals surface area contributed by atoms with E-state index in [9.17, 15) is 32.1 Å². The number of non-ortho nitro benzene ring substituents is 1. The zero-order valence-electron chi connectivity index (χ0n) is 15.7. The van der Waals surface area contributed by atoms with Crippen molar-refractivity contribution in [3.8, 4) is 0 Å². The second-order valence-corrected chi connectivity index (χ2v) is 8.13. The standard InChI is InChI=1S/C20H15F2N3O5S/c21-14-6-11-19(18(22)12-14)23-20(26)13-24(15-7-9-16(10-8-15)25(27)28)31(29,30)17-4-2-1-3-5-17/h1-12H,13H2,(H,23,26). The molecule has 0 unspecified atom stereocenters. The van der Waals surface area contributed by atoms with Crippen molar-refractivity contribution in [2.45, 2.75) is 4.90 Å². The van der Waals surface area contributed by atoms with Gasteiger partial charge in [0.05, 0.1) is 21.2 Å². The molecule has 1 amide bonds. The van der Waals surface area contributed by atoms with Gasteiger partial charge in [-0.05, 0) is 36.4 Å². The maximum Gasteiger partial charge on any atom is 0.269 e. The third-order valence-corrected chi connectivity index (χ3v) is 5.96. The third-order valence-electron chi connectivity index (χ3n) is 4.17. The first-order valence-corrected chi connectivity index (χ1v) is 10.2. The number of halogens is 2. The topological polar surface area (TPSA) is 110 Å². The van der Waals surface area contributed by atoms with Crippen LogP contribution in [0.1, 0.15) is 0 Å². The molecule has 0 radical (unpaired) electrons. The number of hydrogen-bond donors (Lipinski definition) is 1. The van der Waals surface area contributed by atoms with Crippen molar-refractivity contribution in [2.75, 3.05) is 16.2 Å². The van der Waals surface area contributed by atoms with Crippen LogP contribution in [0, 0.1) is 21.7 Å². The van der Waals surface area contributed by atoms with E-state index in [0.29, 0.717) is 6.07 Å². The van der Waals surface area contributed by atoms with Gasteiger partial charge in [-0.3, -0.25) is 19.2 Å². The Balaban J connectivity index is 1.95. The summed E-state index contributed by atoms with van der Waals surface area (Å²) in [6.07, 6.45) is 0. The molecule has 160 valence electrons. The molecule has 0 saturated heterocycles. The number of anilines is 2. The molecule has 3 aromatic rings. The lowest BCUT2D eigenvalue weighted by atomic mass is 10.2. The summed E-state index contributed by atoms with van der Waals surface area (Å²) in [5, 5.41) is 13.1. The second kappa shape index (κ2) is 8.88. The lowest BCUT2D eigenvalue weighted by Crippen LogP contribution is -2.38. The average Bonchev–Trinajstić information content (AvgIpc) is 2.74. The fourth-order valence-electron chi connectivity index (χ4n) is 2.69. The van der Waals surface area contributed by atoms with Crippen molar-refractivity contribution < 1.29 is 26.9 Å². The number of nitro benzene ring substituents is 1. The predicted octanol–water partition coefficient (Wildman–Crippen LogP) is 3.71. The SMILES string of the molecule is O=C(CN(c1ccc([N+](=O)[O-])cc1)S(=O)(=O)c1ccccc1)Nc1ccc(F)cc1F. The quantitative estimate of drug-likeness (QED) is 0.439. The van der Waals surface area contributed by atoms with Gasteiger partial charge < -0.3 is 5.32 Å². The molecule has 0 heterocycles. The van der Waals surface area contributed by atoms with Gasteiger partial charge in [0.25, 0.3) is 15.7 Å². The van der Waals surface area contributed by atoms with Crippen LogP contribution < -0.4 is 9.62 Å². The molecule has 0 spiro atoms. The molecule has 3 aromatic carbocycles. The summed E-state index contributed by atoms with van der Waals surface area (Å²) in [6, 6.07) is 14.3. The van der Waals surface area contributed by atoms with Crippen LogP contribution in [-0.4, -0.2) is 25.8 Å². The van der Waals surface area contributed by atoms with E-state index in [1.807, 2.05) is 0 Å². The Hall–Kier alpha value is -3.86. The van der Waals surface area contributed by atoms with E-state index in [2.05, 4.69) is 5.32 Å². The molecule has 0 aliphatic rings. The summed E-state index contributed by atoms with van der Waals surface area (Å²) in [4.78, 5) is 22.6. The van der Waals surface area contributed by atoms with Gasteiger partial charge in [-0.2, -0.15) is 0 Å². The summed E-state index contributed by atoms with van der Waals surface area (Å²) < 4.78 is 53.9. The van der Waals surface area contributed by atoms with Crippen molar-refractivity contribution in [3.05, 3.63) is 94.5 Å². The zero-order chi connectivity index (χ0) is 22.6. The number of nitrogens with one attached hydrogen (secondary N) is 1. The molecular weight excluding hydrogens is 432 g/mol. The number of sulfonamides is 1. The molecule has 0 aromatic heterocycles. The Bertz CT molecular complexity index is 1220. The van der Waals surface area contributed by atoms with Crippen LogP contribution in [0.2, 0.25) is 0 Å². The minimum absolute atomic E-state index is 0.0100. The monoisotopic (exact) mass is 447 g/mol. The van der Waals surface area contributed by atoms with Crippen LogP contribution in [0.25, 0.3) is 0 Å². The molecular formula is C20H15F2N3O5S. The number of rotatable bonds is 7. The normalized spacial score (nSPS) is 11.0. The largest absolute Gasteiger partial charge is 0.322 e. The van der Waals surface area contributed by atoms with E-state index < -0.39 is 39.0 Å². The number of nitro groups is 1. The smallest absolute Gasteiger partial charge is 0.269 e. The van der Waals surface area contributed by atoms with Crippen LogP contribution in [0.4, 0.5) is 25.8 Å². The van der Waals surface area contributed by atoms with Crippen LogP contribution in [-0.2, 0) is 14.8 Å². The van der Waals surface area contributed by atoms with Gasteiger partial charge in [0.15, 0.2) is 0 Å². The number of carbonyl (C=O) groups excluding carboxylic acids is 1. The van der Waals surface area contributed by atoms with Gasteiger partial charge in [-0.1, -0.05) is 18.2 Å². The summed E-state index contributed by atoms with van der Waals surface area (Å²) >= 11 is 0. The summed E-state index contributed by atoms with van der Waals surface area (Å²) in [6.45, 7) is -0.758. The molecule has 1 N–H and O–H groups in total. The summed E-state index contributed by atoms with van der Waals surface area (Å²) in [7, 11) is -4.24. The van der Waals surface area contributed by atoms with Crippen LogP contribution in [0.15, 0.2) is 77.7 Å². The molecule has 8 nitrogen and oxygen atoms in total. The van der Waals surface area contributed by atoms with E-state index in [4.69, 9.17) is 0 Å². The second-order valence-electron chi connectivity index (χ2n) is 6.27. The highest BCUT2D eigenvalue weighted by Gasteiger charge is 2.27. The third kappa shape index (κ3) is 5.01. The molecule has 11 heteroatoms. The maximum atomic E-state index is 13.8. The van der Waals surface area contributed by atoms with Crippen molar-refractivity contribution in [1.29, 1.82) is 0 Å². The predicted molar refractivity (Wildman–Crippen MR) is 109 cm³/mol. The van der Waals surface area contributed by atoms with Crippen molar-refractivity contribution in [3.63, 3.8) is 0 Å². The molecule has 3 rings (SSSR count). The van der Waals surface area contributed by atoms with E-state index in [0.717, 1.165) is 28.6 Å². The lowest BCUT2D eigenvalue weighted by Gasteiger charge is -2.24. The van der Waals surface area contributed by atoms with Gasteiger partial charge >= 0.3 is 0 Å². The van der Waals surface area contributed by atoms with Gasteiger partial charge in [0.1, 0.15) is 18.2 Å². The fraction of sp³-hybridized carbons (Fsp3) is 0.0500. The van der Waals surface area contributed by atoms with Gasteiger partial charge in [-0.15, -0.1) is 0 Å². The summed E-state index contributed by atoms with van der Waals surface area (Å²) in [5.41, 5.74) is -0.602. The minimum atomic E-state index is -4.24. The molecule has 0 atom stereocenters. The molecule has 0 bridgehead atoms. The van der Waals surface area contributed by atoms with Crippen molar-refractivity contribution in [2.24, 2.45) is 0 Å². The number of hydrogen-bond acceptors (Lipinski definition) is 5. The van der Waals surface area contributed by atoms with E-state index in [-0.39, 0.29) is 22.0 Å². The van der Waals surface area contributed by atoms with E-state index in [1.54, 1.807) is 6.07 Å². The first-order chi connectivity index (χ1) is 14.7. The number of benzene rings is 3. The van der Waals surface area contributed by atoms with E-state index >= 15 is 0 Å². The Labute approximate surface area is 175 Å². The van der Waals surface area contributed by atoms with Gasteiger partial charge in [0, 0.05) is 18.2 Å². The number of amides is 1. The molecule has 0 aliphatic carbocycles. The van der Waals surface area contributed by atoms with E-state index in [1.165, 1.54) is 36.4 Å². The van der Waals surface area contributed by atoms with Crippen LogP contribution >= 0.6 is 0 Å². The molecule has 0 saturated carbocycles. The van der Waals surface area contributed by atoms with Gasteiger partial charge in [-0.25, -0.2) is 17.2 Å². The number of nitrogens with zero attached hydrogens (tertiary/aromatic N) is 2. The fourth-order valence-corrected chi connectivity index (χ4v) is 4.13. The lowest BCUT2D eigenvalue weighted by molar-refractivity contribution is -0.384. The first kappa shape index (κ1) is 21.8.